The lowest BCUT2D eigenvalue weighted by molar-refractivity contribution is 0.0458. The number of likely N-dealkylation sites (N-methyl/N-ethyl adjacent to an activating group) is 1. The molecule has 23 heavy (non-hydrogen) atoms. The normalized spacial score (nSPS) is 22.0. The zero-order chi connectivity index (χ0) is 16.1. The smallest absolute Gasteiger partial charge is 0.261 e. The van der Waals surface area contributed by atoms with Gasteiger partial charge in [-0.3, -0.25) is 14.5 Å². The maximum absolute atomic E-state index is 13.0. The molecule has 2 aromatic rings. The first-order valence-corrected chi connectivity index (χ1v) is 7.95. The molecule has 0 aromatic heterocycles. The van der Waals surface area contributed by atoms with Crippen molar-refractivity contribution in [2.24, 2.45) is 0 Å². The number of nitrogens with two attached hydrogens (primary N) is 1. The highest BCUT2D eigenvalue weighted by Gasteiger charge is 2.38. The van der Waals surface area contributed by atoms with E-state index in [2.05, 4.69) is 4.90 Å². The molecule has 0 unspecified atom stereocenters. The molecule has 1 fully saturated rings. The fraction of sp³-hybridized carbons (Fsp3) is 0.333. The summed E-state index contributed by atoms with van der Waals surface area (Å²) in [7, 11) is 2.03. The first-order valence-electron chi connectivity index (χ1n) is 7.95. The summed E-state index contributed by atoms with van der Waals surface area (Å²) in [5.74, 6) is -0.391. The van der Waals surface area contributed by atoms with Crippen LogP contribution in [0.5, 0.6) is 0 Å². The highest BCUT2D eigenvalue weighted by Crippen LogP contribution is 2.34. The number of hydrogen-bond donors (Lipinski definition) is 1. The van der Waals surface area contributed by atoms with Gasteiger partial charge < -0.3 is 10.6 Å². The van der Waals surface area contributed by atoms with E-state index in [4.69, 9.17) is 5.73 Å². The molecule has 2 heterocycles. The Bertz CT molecular complexity index is 808. The third-order valence-electron chi connectivity index (χ3n) is 4.94. The molecule has 5 heteroatoms. The number of nitrogens with zero attached hydrogens (tertiary/aromatic N) is 2. The molecule has 2 aliphatic heterocycles. The van der Waals surface area contributed by atoms with E-state index in [0.29, 0.717) is 22.2 Å². The predicted molar refractivity (Wildman–Crippen MR) is 89.4 cm³/mol. The van der Waals surface area contributed by atoms with Crippen LogP contribution in [0.3, 0.4) is 0 Å². The van der Waals surface area contributed by atoms with E-state index in [1.807, 2.05) is 19.2 Å². The van der Waals surface area contributed by atoms with E-state index in [1.165, 1.54) is 4.90 Å². The molecule has 0 aliphatic carbocycles. The van der Waals surface area contributed by atoms with Gasteiger partial charge >= 0.3 is 0 Å². The summed E-state index contributed by atoms with van der Waals surface area (Å²) in [6.45, 7) is 1.74. The topological polar surface area (TPSA) is 66.6 Å². The maximum Gasteiger partial charge on any atom is 0.261 e. The summed E-state index contributed by atoms with van der Waals surface area (Å²) in [5, 5.41) is 1.48. The van der Waals surface area contributed by atoms with Gasteiger partial charge in [-0.05, 0) is 44.6 Å². The number of anilines is 1. The third kappa shape index (κ3) is 2.04. The van der Waals surface area contributed by atoms with Crippen molar-refractivity contribution in [3.8, 4) is 0 Å². The lowest BCUT2D eigenvalue weighted by Gasteiger charge is -2.38. The monoisotopic (exact) mass is 309 g/mol. The van der Waals surface area contributed by atoms with Crippen LogP contribution in [-0.4, -0.2) is 47.8 Å². The molecular formula is C18H19N3O2. The lowest BCUT2D eigenvalue weighted by Crippen LogP contribution is -2.53. The average molecular weight is 309 g/mol. The number of imide groups is 1. The van der Waals surface area contributed by atoms with Crippen LogP contribution in [0.4, 0.5) is 5.69 Å². The number of nitrogen functional groups attached to an aromatic ring is 1. The molecule has 2 amide bonds. The van der Waals surface area contributed by atoms with E-state index < -0.39 is 0 Å². The molecule has 2 aliphatic rings. The van der Waals surface area contributed by atoms with Crippen molar-refractivity contribution in [1.82, 2.24) is 9.80 Å². The molecule has 0 bridgehead atoms. The largest absolute Gasteiger partial charge is 0.398 e. The van der Waals surface area contributed by atoms with E-state index in [-0.39, 0.29) is 17.9 Å². The molecule has 0 spiro atoms. The molecule has 1 atom stereocenters. The van der Waals surface area contributed by atoms with Crippen LogP contribution in [0, 0.1) is 0 Å². The number of hydrogen-bond acceptors (Lipinski definition) is 4. The Labute approximate surface area is 134 Å². The first kappa shape index (κ1) is 14.2. The molecule has 5 nitrogen and oxygen atoms in total. The highest BCUT2D eigenvalue weighted by atomic mass is 16.2. The first-order chi connectivity index (χ1) is 11.1. The predicted octanol–water partition coefficient (Wildman–Crippen LogP) is 2.11. The van der Waals surface area contributed by atoms with Crippen LogP contribution in [0.15, 0.2) is 30.3 Å². The Morgan fingerprint density at radius 3 is 2.57 bits per heavy atom. The van der Waals surface area contributed by atoms with E-state index in [1.54, 1.807) is 18.2 Å². The van der Waals surface area contributed by atoms with E-state index >= 15 is 0 Å². The Balaban J connectivity index is 1.87. The molecule has 118 valence electrons. The second kappa shape index (κ2) is 5.06. The summed E-state index contributed by atoms with van der Waals surface area (Å²) in [6, 6.07) is 8.92. The van der Waals surface area contributed by atoms with Crippen LogP contribution < -0.4 is 5.73 Å². The van der Waals surface area contributed by atoms with Crippen LogP contribution in [0.25, 0.3) is 10.8 Å². The van der Waals surface area contributed by atoms with Crippen LogP contribution >= 0.6 is 0 Å². The summed E-state index contributed by atoms with van der Waals surface area (Å²) in [5.41, 5.74) is 7.77. The highest BCUT2D eigenvalue weighted by molar-refractivity contribution is 6.26. The average Bonchev–Trinajstić information content (AvgIpc) is 2.54. The van der Waals surface area contributed by atoms with Gasteiger partial charge in [-0.1, -0.05) is 12.1 Å². The summed E-state index contributed by atoms with van der Waals surface area (Å²) >= 11 is 0. The minimum absolute atomic E-state index is 0.0605. The van der Waals surface area contributed by atoms with Crippen molar-refractivity contribution in [3.05, 3.63) is 41.5 Å². The van der Waals surface area contributed by atoms with Crippen molar-refractivity contribution < 1.29 is 9.59 Å². The van der Waals surface area contributed by atoms with Crippen molar-refractivity contribution in [2.75, 3.05) is 25.9 Å². The molecule has 4 rings (SSSR count). The standard InChI is InChI=1S/C18H19N3O2/c1-20-9-3-4-11(10-20)21-17(22)13-6-2-5-12-15(19)8-7-14(16(12)13)18(21)23/h2,5-8,11H,3-4,9-10,19H2,1H3/t11-/m1/s1. The molecule has 0 saturated carbocycles. The summed E-state index contributed by atoms with van der Waals surface area (Å²) in [6.07, 6.45) is 1.86. The SMILES string of the molecule is CN1CCC[C@@H](N2C(=O)c3cccc4c(N)ccc(c34)C2=O)C1. The Morgan fingerprint density at radius 2 is 1.83 bits per heavy atom. The minimum atomic E-state index is -0.195. The zero-order valence-electron chi connectivity index (χ0n) is 13.1. The third-order valence-corrected chi connectivity index (χ3v) is 4.94. The Kier molecular flexibility index (Phi) is 3.13. The lowest BCUT2D eigenvalue weighted by atomic mass is 9.91. The second-order valence-corrected chi connectivity index (χ2v) is 6.47. The summed E-state index contributed by atoms with van der Waals surface area (Å²) < 4.78 is 0. The van der Waals surface area contributed by atoms with E-state index in [9.17, 15) is 9.59 Å². The van der Waals surface area contributed by atoms with Crippen molar-refractivity contribution in [2.45, 2.75) is 18.9 Å². The van der Waals surface area contributed by atoms with Gasteiger partial charge in [-0.15, -0.1) is 0 Å². The Hall–Kier alpha value is -2.40. The van der Waals surface area contributed by atoms with Crippen LogP contribution in [0.2, 0.25) is 0 Å². The van der Waals surface area contributed by atoms with Crippen molar-refractivity contribution in [1.29, 1.82) is 0 Å². The second-order valence-electron chi connectivity index (χ2n) is 6.47. The number of carbonyl (C=O) groups is 2. The van der Waals surface area contributed by atoms with E-state index in [0.717, 1.165) is 31.3 Å². The van der Waals surface area contributed by atoms with Crippen LogP contribution in [-0.2, 0) is 0 Å². The number of rotatable bonds is 1. The molecule has 2 N–H and O–H groups in total. The fourth-order valence-electron chi connectivity index (χ4n) is 3.82. The number of amides is 2. The molecule has 1 saturated heterocycles. The molecular weight excluding hydrogens is 290 g/mol. The van der Waals surface area contributed by atoms with Gasteiger partial charge in [0.15, 0.2) is 0 Å². The number of likely N-dealkylation sites (tertiary alicyclic amines) is 1. The van der Waals surface area contributed by atoms with Crippen molar-refractivity contribution >= 4 is 28.3 Å². The van der Waals surface area contributed by atoms with Gasteiger partial charge in [-0.2, -0.15) is 0 Å². The van der Waals surface area contributed by atoms with Gasteiger partial charge in [0.2, 0.25) is 0 Å². The zero-order valence-corrected chi connectivity index (χ0v) is 13.1. The van der Waals surface area contributed by atoms with Gasteiger partial charge in [0.1, 0.15) is 0 Å². The quantitative estimate of drug-likeness (QED) is 0.647. The van der Waals surface area contributed by atoms with Gasteiger partial charge in [0.05, 0.1) is 6.04 Å². The number of piperidine rings is 1. The summed E-state index contributed by atoms with van der Waals surface area (Å²) in [4.78, 5) is 29.6. The minimum Gasteiger partial charge on any atom is -0.398 e. The van der Waals surface area contributed by atoms with Gasteiger partial charge in [0.25, 0.3) is 11.8 Å². The molecule has 0 radical (unpaired) electrons. The van der Waals surface area contributed by atoms with Crippen molar-refractivity contribution in [3.63, 3.8) is 0 Å². The Morgan fingerprint density at radius 1 is 1.09 bits per heavy atom. The van der Waals surface area contributed by atoms with Gasteiger partial charge in [0, 0.05) is 34.1 Å². The number of benzene rings is 2. The van der Waals surface area contributed by atoms with Crippen LogP contribution in [0.1, 0.15) is 33.6 Å². The number of carbonyl (C=O) groups excluding carboxylic acids is 2. The fourth-order valence-corrected chi connectivity index (χ4v) is 3.82. The maximum atomic E-state index is 13.0. The molecule has 2 aromatic carbocycles. The van der Waals surface area contributed by atoms with Gasteiger partial charge in [-0.25, -0.2) is 0 Å².